The summed E-state index contributed by atoms with van der Waals surface area (Å²) in [4.78, 5) is 23.2. The minimum Gasteiger partial charge on any atom is -0.363 e. The molecule has 6 heteroatoms. The maximum absolute atomic E-state index is 12.1. The van der Waals surface area contributed by atoms with Gasteiger partial charge in [-0.15, -0.1) is 22.7 Å². The fourth-order valence-electron chi connectivity index (χ4n) is 3.79. The smallest absolute Gasteiger partial charge is 0.363 e. The molecule has 0 amide bonds. The molecule has 1 fully saturated rings. The van der Waals surface area contributed by atoms with E-state index < -0.39 is 5.97 Å². The van der Waals surface area contributed by atoms with Gasteiger partial charge in [-0.25, -0.2) is 4.79 Å². The zero-order valence-corrected chi connectivity index (χ0v) is 18.6. The van der Waals surface area contributed by atoms with Crippen LogP contribution in [0.4, 0.5) is 5.00 Å². The van der Waals surface area contributed by atoms with Crippen LogP contribution >= 0.6 is 22.7 Å². The number of piperidine rings is 1. The van der Waals surface area contributed by atoms with E-state index in [9.17, 15) is 4.79 Å². The van der Waals surface area contributed by atoms with Crippen LogP contribution < -0.4 is 4.90 Å². The van der Waals surface area contributed by atoms with Gasteiger partial charge in [0.15, 0.2) is 0 Å². The summed E-state index contributed by atoms with van der Waals surface area (Å²) in [5, 5.41) is 5.32. The largest absolute Gasteiger partial charge is 0.368 e. The number of oxime groups is 1. The first-order valence-electron chi connectivity index (χ1n) is 10.5. The lowest BCUT2D eigenvalue weighted by Gasteiger charge is -2.27. The first-order chi connectivity index (χ1) is 15.3. The molecular weight excluding hydrogens is 424 g/mol. The Morgan fingerprint density at radius 2 is 1.68 bits per heavy atom. The fraction of sp³-hybridized carbons (Fsp3) is 0.200. The maximum Gasteiger partial charge on any atom is 0.368 e. The lowest BCUT2D eigenvalue weighted by Crippen LogP contribution is -2.28. The second-order valence-corrected chi connectivity index (χ2v) is 9.69. The average molecular weight is 447 g/mol. The van der Waals surface area contributed by atoms with Crippen LogP contribution in [-0.4, -0.2) is 24.8 Å². The summed E-state index contributed by atoms with van der Waals surface area (Å²) >= 11 is 3.63. The number of anilines is 1. The van der Waals surface area contributed by atoms with Gasteiger partial charge in [-0.05, 0) is 55.7 Å². The van der Waals surface area contributed by atoms with E-state index in [1.54, 1.807) is 17.4 Å². The molecule has 2 aliphatic heterocycles. The number of allylic oxidation sites excluding steroid dienone is 2. The molecule has 3 aromatic rings. The Bertz CT molecular complexity index is 1170. The second-order valence-electron chi connectivity index (χ2n) is 7.51. The molecule has 0 N–H and O–H groups in total. The van der Waals surface area contributed by atoms with Crippen LogP contribution in [0, 0.1) is 0 Å². The molecule has 0 spiro atoms. The Morgan fingerprint density at radius 1 is 0.903 bits per heavy atom. The van der Waals surface area contributed by atoms with Gasteiger partial charge in [0.05, 0.1) is 10.6 Å². The van der Waals surface area contributed by atoms with Gasteiger partial charge in [0, 0.05) is 33.3 Å². The summed E-state index contributed by atoms with van der Waals surface area (Å²) in [5.74, 6) is -0.417. The third-order valence-corrected chi connectivity index (χ3v) is 7.79. The summed E-state index contributed by atoms with van der Waals surface area (Å²) in [7, 11) is 0. The number of hydrogen-bond acceptors (Lipinski definition) is 6. The molecule has 4 nitrogen and oxygen atoms in total. The third-order valence-electron chi connectivity index (χ3n) is 5.39. The third kappa shape index (κ3) is 4.40. The summed E-state index contributed by atoms with van der Waals surface area (Å²) < 4.78 is 0. The van der Waals surface area contributed by atoms with Gasteiger partial charge in [-0.3, -0.25) is 0 Å². The molecule has 0 aliphatic carbocycles. The second kappa shape index (κ2) is 9.04. The van der Waals surface area contributed by atoms with Crippen LogP contribution in [0.15, 0.2) is 77.5 Å². The molecule has 2 aromatic heterocycles. The molecule has 2 aliphatic rings. The van der Waals surface area contributed by atoms with Crippen molar-refractivity contribution in [3.63, 3.8) is 0 Å². The minimum atomic E-state index is -0.417. The predicted molar refractivity (Wildman–Crippen MR) is 130 cm³/mol. The lowest BCUT2D eigenvalue weighted by atomic mass is 10.0. The van der Waals surface area contributed by atoms with Crippen molar-refractivity contribution in [2.24, 2.45) is 5.16 Å². The van der Waals surface area contributed by atoms with E-state index in [2.05, 4.69) is 34.3 Å². The van der Waals surface area contributed by atoms with Crippen molar-refractivity contribution in [1.82, 2.24) is 0 Å². The van der Waals surface area contributed by atoms with E-state index in [-0.39, 0.29) is 0 Å². The van der Waals surface area contributed by atoms with Gasteiger partial charge in [0.25, 0.3) is 0 Å². The number of hydrogen-bond donors (Lipinski definition) is 0. The number of thiophene rings is 2. The lowest BCUT2D eigenvalue weighted by molar-refractivity contribution is -0.136. The van der Waals surface area contributed by atoms with Gasteiger partial charge in [0.1, 0.15) is 5.71 Å². The Labute approximate surface area is 189 Å². The first-order valence-corrected chi connectivity index (χ1v) is 12.1. The number of rotatable bonds is 5. The van der Waals surface area contributed by atoms with Crippen molar-refractivity contribution in [2.45, 2.75) is 19.3 Å². The Morgan fingerprint density at radius 3 is 2.52 bits per heavy atom. The van der Waals surface area contributed by atoms with E-state index in [0.717, 1.165) is 10.4 Å². The van der Waals surface area contributed by atoms with E-state index in [0.29, 0.717) is 11.3 Å². The minimum absolute atomic E-state index is 0.417. The van der Waals surface area contributed by atoms with E-state index in [4.69, 9.17) is 4.84 Å². The monoisotopic (exact) mass is 446 g/mol. The normalized spacial score (nSPS) is 18.1. The molecule has 31 heavy (non-hydrogen) atoms. The maximum atomic E-state index is 12.1. The molecule has 1 aromatic carbocycles. The molecule has 0 unspecified atom stereocenters. The average Bonchev–Trinajstić information content (AvgIpc) is 3.56. The van der Waals surface area contributed by atoms with Gasteiger partial charge in [-0.2, -0.15) is 0 Å². The van der Waals surface area contributed by atoms with Crippen LogP contribution in [0.2, 0.25) is 0 Å². The Hall–Kier alpha value is -2.96. The SMILES string of the molecule is O=C1ON=C(c2ccccc2)/C1=C/C=C/c1ccc(-c2ccc(N3CCCCC3)s2)s1. The fourth-order valence-corrected chi connectivity index (χ4v) is 5.86. The van der Waals surface area contributed by atoms with Crippen LogP contribution in [0.1, 0.15) is 29.7 Å². The summed E-state index contributed by atoms with van der Waals surface area (Å²) in [6.07, 6.45) is 9.63. The van der Waals surface area contributed by atoms with Crippen molar-refractivity contribution in [3.8, 4) is 9.75 Å². The van der Waals surface area contributed by atoms with Crippen molar-refractivity contribution < 1.29 is 9.63 Å². The quantitative estimate of drug-likeness (QED) is 0.338. The highest BCUT2D eigenvalue weighted by Crippen LogP contribution is 2.38. The van der Waals surface area contributed by atoms with Crippen molar-refractivity contribution in [3.05, 3.63) is 82.8 Å². The molecule has 156 valence electrons. The van der Waals surface area contributed by atoms with Crippen LogP contribution in [0.3, 0.4) is 0 Å². The zero-order chi connectivity index (χ0) is 21.0. The zero-order valence-electron chi connectivity index (χ0n) is 17.0. The van der Waals surface area contributed by atoms with E-state index in [1.165, 1.54) is 47.1 Å². The Balaban J connectivity index is 1.30. The molecule has 1 saturated heterocycles. The highest BCUT2D eigenvalue weighted by molar-refractivity contribution is 7.24. The number of carbonyl (C=O) groups excluding carboxylic acids is 1. The summed E-state index contributed by atoms with van der Waals surface area (Å²) in [5.41, 5.74) is 1.92. The highest BCUT2D eigenvalue weighted by Gasteiger charge is 2.25. The van der Waals surface area contributed by atoms with E-state index in [1.807, 2.05) is 53.8 Å². The number of nitrogens with zero attached hydrogens (tertiary/aromatic N) is 2. The molecule has 0 atom stereocenters. The van der Waals surface area contributed by atoms with Gasteiger partial charge in [-0.1, -0.05) is 41.6 Å². The molecule has 5 rings (SSSR count). The van der Waals surface area contributed by atoms with Crippen molar-refractivity contribution in [2.75, 3.05) is 18.0 Å². The van der Waals surface area contributed by atoms with Gasteiger partial charge in [0.2, 0.25) is 0 Å². The number of carbonyl (C=O) groups is 1. The standard InChI is InChI=1S/C25H22N2O2S2/c28-25-20(24(26-29-25)18-8-3-1-4-9-18)11-7-10-19-12-13-21(30-19)22-14-15-23(31-22)27-16-5-2-6-17-27/h1,3-4,7-15H,2,5-6,16-17H2/b10-7+,20-11-. The highest BCUT2D eigenvalue weighted by atomic mass is 32.1. The number of benzene rings is 1. The van der Waals surface area contributed by atoms with Crippen LogP contribution in [0.25, 0.3) is 15.8 Å². The van der Waals surface area contributed by atoms with E-state index >= 15 is 0 Å². The molecule has 4 heterocycles. The van der Waals surface area contributed by atoms with Gasteiger partial charge >= 0.3 is 5.97 Å². The topological polar surface area (TPSA) is 41.9 Å². The molecular formula is C25H22N2O2S2. The van der Waals surface area contributed by atoms with Gasteiger partial charge < -0.3 is 9.74 Å². The van der Waals surface area contributed by atoms with Crippen molar-refractivity contribution in [1.29, 1.82) is 0 Å². The summed E-state index contributed by atoms with van der Waals surface area (Å²) in [6, 6.07) is 18.4. The van der Waals surface area contributed by atoms with Crippen LogP contribution in [0.5, 0.6) is 0 Å². The predicted octanol–water partition coefficient (Wildman–Crippen LogP) is 6.37. The Kier molecular flexibility index (Phi) is 5.82. The molecule has 0 saturated carbocycles. The summed E-state index contributed by atoms with van der Waals surface area (Å²) in [6.45, 7) is 2.34. The van der Waals surface area contributed by atoms with Crippen molar-refractivity contribution >= 4 is 45.4 Å². The molecule has 0 radical (unpaired) electrons. The van der Waals surface area contributed by atoms with Crippen LogP contribution in [-0.2, 0) is 9.63 Å². The molecule has 0 bridgehead atoms. The first kappa shape index (κ1) is 20.0.